The minimum Gasteiger partial charge on any atom is -0.258 e. The fourth-order valence-corrected chi connectivity index (χ4v) is 1.07. The fourth-order valence-electron chi connectivity index (χ4n) is 0.511. The lowest BCUT2D eigenvalue weighted by atomic mass is 10.4. The van der Waals surface area contributed by atoms with Crippen LogP contribution in [0, 0.1) is 13.7 Å². The van der Waals surface area contributed by atoms with Crippen LogP contribution in [0.1, 0.15) is 0 Å². The number of halogens is 2. The Morgan fingerprint density at radius 2 is 2.36 bits per heavy atom. The molecule has 0 saturated heterocycles. The van der Waals surface area contributed by atoms with Gasteiger partial charge < -0.3 is 0 Å². The Bertz CT molecular complexity index is 305. The van der Waals surface area contributed by atoms with Gasteiger partial charge in [-0.25, -0.2) is 4.98 Å². The molecule has 0 bridgehead atoms. The standard InChI is InChI=1S/C5H2ClIN2O2/c6-5-4(7)1-3(2-8-5)9(10)11/h1-2H. The molecule has 1 aromatic heterocycles. The molecule has 0 aliphatic rings. The summed E-state index contributed by atoms with van der Waals surface area (Å²) in [7, 11) is 0. The van der Waals surface area contributed by atoms with Crippen molar-refractivity contribution < 1.29 is 4.92 Å². The van der Waals surface area contributed by atoms with E-state index >= 15 is 0 Å². The van der Waals surface area contributed by atoms with Crippen molar-refractivity contribution in [2.24, 2.45) is 0 Å². The second-order valence-electron chi connectivity index (χ2n) is 1.72. The molecule has 0 aromatic carbocycles. The van der Waals surface area contributed by atoms with E-state index in [1.165, 1.54) is 6.07 Å². The smallest absolute Gasteiger partial charge is 0.258 e. The first kappa shape index (κ1) is 8.66. The van der Waals surface area contributed by atoms with Gasteiger partial charge in [-0.15, -0.1) is 0 Å². The molecule has 1 heterocycles. The van der Waals surface area contributed by atoms with E-state index < -0.39 is 4.92 Å². The molecule has 0 saturated carbocycles. The summed E-state index contributed by atoms with van der Waals surface area (Å²) in [5.41, 5.74) is -0.0428. The molecular weight excluding hydrogens is 282 g/mol. The number of nitro groups is 1. The number of hydrogen-bond donors (Lipinski definition) is 0. The van der Waals surface area contributed by atoms with E-state index in [0.29, 0.717) is 3.57 Å². The lowest BCUT2D eigenvalue weighted by Gasteiger charge is -1.93. The van der Waals surface area contributed by atoms with Gasteiger partial charge >= 0.3 is 0 Å². The molecule has 0 aliphatic heterocycles. The Labute approximate surface area is 80.9 Å². The average Bonchev–Trinajstić information content (AvgIpc) is 1.94. The predicted octanol–water partition coefficient (Wildman–Crippen LogP) is 2.25. The topological polar surface area (TPSA) is 56.0 Å². The lowest BCUT2D eigenvalue weighted by Crippen LogP contribution is -1.90. The molecule has 4 nitrogen and oxygen atoms in total. The van der Waals surface area contributed by atoms with Crippen LogP contribution in [0.2, 0.25) is 5.15 Å². The van der Waals surface area contributed by atoms with E-state index in [9.17, 15) is 10.1 Å². The third kappa shape index (κ3) is 2.00. The van der Waals surface area contributed by atoms with Gasteiger partial charge in [0.25, 0.3) is 5.69 Å². The summed E-state index contributed by atoms with van der Waals surface area (Å²) >= 11 is 7.43. The maximum atomic E-state index is 10.2. The Balaban J connectivity index is 3.15. The van der Waals surface area contributed by atoms with Crippen LogP contribution in [0.5, 0.6) is 0 Å². The molecule has 6 heteroatoms. The van der Waals surface area contributed by atoms with Crippen molar-refractivity contribution >= 4 is 39.9 Å². The molecule has 0 fully saturated rings. The van der Waals surface area contributed by atoms with Crippen LogP contribution in [0.3, 0.4) is 0 Å². The van der Waals surface area contributed by atoms with Crippen LogP contribution in [0.4, 0.5) is 5.69 Å². The molecule has 11 heavy (non-hydrogen) atoms. The summed E-state index contributed by atoms with van der Waals surface area (Å²) in [5.74, 6) is 0. The van der Waals surface area contributed by atoms with Gasteiger partial charge in [0.1, 0.15) is 11.3 Å². The summed E-state index contributed by atoms with van der Waals surface area (Å²) in [4.78, 5) is 13.3. The molecule has 0 radical (unpaired) electrons. The highest BCUT2D eigenvalue weighted by Gasteiger charge is 2.08. The van der Waals surface area contributed by atoms with Crippen molar-refractivity contribution in [1.82, 2.24) is 4.98 Å². The molecule has 1 rings (SSSR count). The zero-order valence-corrected chi connectivity index (χ0v) is 8.03. The second-order valence-corrected chi connectivity index (χ2v) is 3.24. The van der Waals surface area contributed by atoms with Gasteiger partial charge in [-0.05, 0) is 22.6 Å². The van der Waals surface area contributed by atoms with Crippen molar-refractivity contribution in [3.05, 3.63) is 31.1 Å². The number of aromatic nitrogens is 1. The van der Waals surface area contributed by atoms with E-state index in [4.69, 9.17) is 11.6 Å². The first-order valence-electron chi connectivity index (χ1n) is 2.56. The van der Waals surface area contributed by atoms with Gasteiger partial charge in [-0.3, -0.25) is 10.1 Å². The molecular formula is C5H2ClIN2O2. The predicted molar refractivity (Wildman–Crippen MR) is 48.6 cm³/mol. The first-order chi connectivity index (χ1) is 5.11. The minimum absolute atomic E-state index is 0.0428. The van der Waals surface area contributed by atoms with Gasteiger partial charge in [0.15, 0.2) is 0 Å². The third-order valence-electron chi connectivity index (χ3n) is 0.993. The zero-order valence-electron chi connectivity index (χ0n) is 5.12. The number of hydrogen-bond acceptors (Lipinski definition) is 3. The molecule has 0 unspecified atom stereocenters. The summed E-state index contributed by atoms with van der Waals surface area (Å²) in [6, 6.07) is 1.37. The minimum atomic E-state index is -0.508. The van der Waals surface area contributed by atoms with Crippen LogP contribution >= 0.6 is 34.2 Å². The number of rotatable bonds is 1. The summed E-state index contributed by atoms with van der Waals surface area (Å²) in [6.07, 6.45) is 1.13. The van der Waals surface area contributed by atoms with E-state index in [1.54, 1.807) is 0 Å². The fraction of sp³-hybridized carbons (Fsp3) is 0. The highest BCUT2D eigenvalue weighted by atomic mass is 127. The summed E-state index contributed by atoms with van der Waals surface area (Å²) in [6.45, 7) is 0. The van der Waals surface area contributed by atoms with Gasteiger partial charge in [-0.2, -0.15) is 0 Å². The van der Waals surface area contributed by atoms with Crippen molar-refractivity contribution in [1.29, 1.82) is 0 Å². The van der Waals surface area contributed by atoms with Crippen molar-refractivity contribution in [2.75, 3.05) is 0 Å². The largest absolute Gasteiger partial charge is 0.288 e. The molecule has 1 aromatic rings. The van der Waals surface area contributed by atoms with E-state index in [2.05, 4.69) is 4.98 Å². The van der Waals surface area contributed by atoms with Crippen LogP contribution < -0.4 is 0 Å². The van der Waals surface area contributed by atoms with Gasteiger partial charge in [0.2, 0.25) is 0 Å². The highest BCUT2D eigenvalue weighted by Crippen LogP contribution is 2.19. The van der Waals surface area contributed by atoms with Gasteiger partial charge in [-0.1, -0.05) is 11.6 Å². The SMILES string of the molecule is O=[N+]([O-])c1cnc(Cl)c(I)c1. The maximum Gasteiger partial charge on any atom is 0.288 e. The normalized spacial score (nSPS) is 9.64. The number of nitrogens with zero attached hydrogens (tertiary/aromatic N) is 2. The van der Waals surface area contributed by atoms with Crippen LogP contribution in [-0.4, -0.2) is 9.91 Å². The molecule has 0 atom stereocenters. The monoisotopic (exact) mass is 284 g/mol. The molecule has 0 aliphatic carbocycles. The van der Waals surface area contributed by atoms with E-state index in [-0.39, 0.29) is 10.8 Å². The van der Waals surface area contributed by atoms with Crippen LogP contribution in [0.25, 0.3) is 0 Å². The maximum absolute atomic E-state index is 10.2. The van der Waals surface area contributed by atoms with E-state index in [1.807, 2.05) is 22.6 Å². The quantitative estimate of drug-likeness (QED) is 0.344. The zero-order chi connectivity index (χ0) is 8.43. The molecule has 0 spiro atoms. The summed E-state index contributed by atoms with van der Waals surface area (Å²) in [5, 5.41) is 10.5. The number of pyridine rings is 1. The van der Waals surface area contributed by atoms with Crippen molar-refractivity contribution in [3.63, 3.8) is 0 Å². The van der Waals surface area contributed by atoms with Gasteiger partial charge in [0.05, 0.1) is 8.49 Å². The average molecular weight is 284 g/mol. The molecule has 0 amide bonds. The van der Waals surface area contributed by atoms with E-state index in [0.717, 1.165) is 6.20 Å². The summed E-state index contributed by atoms with van der Waals surface area (Å²) < 4.78 is 0.582. The Morgan fingerprint density at radius 3 is 2.82 bits per heavy atom. The second kappa shape index (κ2) is 3.31. The van der Waals surface area contributed by atoms with Crippen LogP contribution in [0.15, 0.2) is 12.3 Å². The Hall–Kier alpha value is -0.430. The van der Waals surface area contributed by atoms with Gasteiger partial charge in [0, 0.05) is 6.07 Å². The third-order valence-corrected chi connectivity index (χ3v) is 2.44. The molecule has 0 N–H and O–H groups in total. The lowest BCUT2D eigenvalue weighted by molar-refractivity contribution is -0.385. The Morgan fingerprint density at radius 1 is 1.73 bits per heavy atom. The van der Waals surface area contributed by atoms with Crippen molar-refractivity contribution in [2.45, 2.75) is 0 Å². The Kier molecular flexibility index (Phi) is 2.61. The molecule has 58 valence electrons. The van der Waals surface area contributed by atoms with Crippen molar-refractivity contribution in [3.8, 4) is 0 Å². The first-order valence-corrected chi connectivity index (χ1v) is 4.02. The van der Waals surface area contributed by atoms with Crippen LogP contribution in [-0.2, 0) is 0 Å². The highest BCUT2D eigenvalue weighted by molar-refractivity contribution is 14.1.